The van der Waals surface area contributed by atoms with Gasteiger partial charge in [-0.15, -0.1) is 0 Å². The molecule has 0 bridgehead atoms. The van der Waals surface area contributed by atoms with Crippen molar-refractivity contribution in [1.82, 2.24) is 10.2 Å². The Bertz CT molecular complexity index is 514. The zero-order valence-corrected chi connectivity index (χ0v) is 13.1. The molecule has 3 unspecified atom stereocenters. The number of nitrogens with one attached hydrogen (secondary N) is 1. The van der Waals surface area contributed by atoms with Crippen LogP contribution in [-0.2, 0) is 4.79 Å². The minimum atomic E-state index is 0.0676. The fourth-order valence-electron chi connectivity index (χ4n) is 3.94. The first kappa shape index (κ1) is 14.6. The van der Waals surface area contributed by atoms with Crippen molar-refractivity contribution < 1.29 is 4.79 Å². The molecular formula is C18H26N2O. The molecule has 3 rings (SSSR count). The van der Waals surface area contributed by atoms with Gasteiger partial charge in [0, 0.05) is 6.04 Å². The Morgan fingerprint density at radius 2 is 2.19 bits per heavy atom. The molecule has 2 fully saturated rings. The number of hydrogen-bond acceptors (Lipinski definition) is 2. The second-order valence-electron chi connectivity index (χ2n) is 6.59. The van der Waals surface area contributed by atoms with Crippen LogP contribution in [0.4, 0.5) is 0 Å². The number of nitrogens with zero attached hydrogens (tertiary/aromatic N) is 1. The van der Waals surface area contributed by atoms with Gasteiger partial charge in [-0.1, -0.05) is 56.0 Å². The van der Waals surface area contributed by atoms with E-state index in [-0.39, 0.29) is 12.1 Å². The molecule has 3 heteroatoms. The second kappa shape index (κ2) is 6.18. The van der Waals surface area contributed by atoms with Crippen LogP contribution in [0, 0.1) is 12.8 Å². The van der Waals surface area contributed by atoms with Gasteiger partial charge >= 0.3 is 0 Å². The number of carbonyl (C=O) groups is 1. The van der Waals surface area contributed by atoms with E-state index < -0.39 is 0 Å². The molecule has 1 aliphatic heterocycles. The highest BCUT2D eigenvalue weighted by Crippen LogP contribution is 2.35. The number of rotatable bonds is 3. The van der Waals surface area contributed by atoms with Crippen molar-refractivity contribution >= 4 is 5.91 Å². The molecule has 2 aliphatic rings. The molecule has 21 heavy (non-hydrogen) atoms. The molecule has 1 heterocycles. The fourth-order valence-corrected chi connectivity index (χ4v) is 3.94. The molecule has 1 aliphatic carbocycles. The maximum Gasteiger partial charge on any atom is 0.238 e. The third-order valence-electron chi connectivity index (χ3n) is 5.10. The summed E-state index contributed by atoms with van der Waals surface area (Å²) in [5, 5.41) is 3.41. The van der Waals surface area contributed by atoms with E-state index in [1.54, 1.807) is 0 Å². The van der Waals surface area contributed by atoms with Gasteiger partial charge in [-0.2, -0.15) is 0 Å². The van der Waals surface area contributed by atoms with Crippen LogP contribution in [0.5, 0.6) is 0 Å². The third-order valence-corrected chi connectivity index (χ3v) is 5.10. The highest BCUT2D eigenvalue weighted by molar-refractivity contribution is 5.81. The molecule has 1 aromatic carbocycles. The quantitative estimate of drug-likeness (QED) is 0.923. The summed E-state index contributed by atoms with van der Waals surface area (Å²) in [6, 6.07) is 8.94. The van der Waals surface area contributed by atoms with Gasteiger partial charge < -0.3 is 4.90 Å². The van der Waals surface area contributed by atoms with Crippen LogP contribution in [0.3, 0.4) is 0 Å². The van der Waals surface area contributed by atoms with E-state index in [0.717, 1.165) is 12.3 Å². The molecule has 114 valence electrons. The summed E-state index contributed by atoms with van der Waals surface area (Å²) in [5.41, 5.74) is 2.48. The van der Waals surface area contributed by atoms with Crippen molar-refractivity contribution in [1.29, 1.82) is 0 Å². The monoisotopic (exact) mass is 286 g/mol. The molecular weight excluding hydrogens is 260 g/mol. The summed E-state index contributed by atoms with van der Waals surface area (Å²) < 4.78 is 0. The van der Waals surface area contributed by atoms with Crippen molar-refractivity contribution in [3.63, 3.8) is 0 Å². The van der Waals surface area contributed by atoms with Gasteiger partial charge in [-0.05, 0) is 31.2 Å². The molecule has 3 nitrogen and oxygen atoms in total. The van der Waals surface area contributed by atoms with Crippen molar-refractivity contribution in [2.24, 2.45) is 5.92 Å². The van der Waals surface area contributed by atoms with Crippen molar-refractivity contribution in [2.45, 2.75) is 58.2 Å². The zero-order valence-electron chi connectivity index (χ0n) is 13.1. The molecule has 0 radical (unpaired) electrons. The van der Waals surface area contributed by atoms with E-state index in [4.69, 9.17) is 0 Å². The Kier molecular flexibility index (Phi) is 4.29. The first-order valence-electron chi connectivity index (χ1n) is 8.30. The standard InChI is InChI=1S/C18H26N2O/c1-3-14-7-5-9-16(11-14)20-17(21)12-19-18(20)15-8-4-6-13(2)10-15/h4,6,8,10,14,16,18-19H,3,5,7,9,11-12H2,1-2H3. The highest BCUT2D eigenvalue weighted by Gasteiger charge is 2.38. The predicted molar refractivity (Wildman–Crippen MR) is 84.8 cm³/mol. The Labute approximate surface area is 127 Å². The largest absolute Gasteiger partial charge is 0.319 e. The normalized spacial score (nSPS) is 29.9. The molecule has 1 saturated heterocycles. The average Bonchev–Trinajstić information content (AvgIpc) is 2.89. The van der Waals surface area contributed by atoms with Gasteiger partial charge in [0.1, 0.15) is 6.17 Å². The van der Waals surface area contributed by atoms with Gasteiger partial charge in [-0.25, -0.2) is 0 Å². The Hall–Kier alpha value is -1.35. The summed E-state index contributed by atoms with van der Waals surface area (Å²) >= 11 is 0. The van der Waals surface area contributed by atoms with Crippen LogP contribution in [0.2, 0.25) is 0 Å². The van der Waals surface area contributed by atoms with E-state index in [9.17, 15) is 4.79 Å². The van der Waals surface area contributed by atoms with E-state index in [1.807, 2.05) is 0 Å². The zero-order chi connectivity index (χ0) is 14.8. The van der Waals surface area contributed by atoms with Crippen LogP contribution in [0.1, 0.15) is 56.3 Å². The van der Waals surface area contributed by atoms with E-state index in [1.165, 1.54) is 36.8 Å². The van der Waals surface area contributed by atoms with Crippen LogP contribution in [-0.4, -0.2) is 23.4 Å². The minimum Gasteiger partial charge on any atom is -0.319 e. The van der Waals surface area contributed by atoms with Gasteiger partial charge in [0.15, 0.2) is 0 Å². The average molecular weight is 286 g/mol. The number of amides is 1. The van der Waals surface area contributed by atoms with Crippen molar-refractivity contribution in [3.05, 3.63) is 35.4 Å². The smallest absolute Gasteiger partial charge is 0.238 e. The molecule has 1 amide bonds. The Balaban J connectivity index is 1.82. The Morgan fingerprint density at radius 1 is 1.33 bits per heavy atom. The SMILES string of the molecule is CCC1CCCC(N2C(=O)CNC2c2cccc(C)c2)C1. The Morgan fingerprint density at radius 3 is 2.95 bits per heavy atom. The third kappa shape index (κ3) is 2.98. The maximum atomic E-state index is 12.4. The van der Waals surface area contributed by atoms with Crippen LogP contribution < -0.4 is 5.32 Å². The van der Waals surface area contributed by atoms with Gasteiger partial charge in [0.2, 0.25) is 5.91 Å². The fraction of sp³-hybridized carbons (Fsp3) is 0.611. The molecule has 1 N–H and O–H groups in total. The summed E-state index contributed by atoms with van der Waals surface area (Å²) in [6.07, 6.45) is 6.22. The summed E-state index contributed by atoms with van der Waals surface area (Å²) in [4.78, 5) is 14.5. The lowest BCUT2D eigenvalue weighted by Gasteiger charge is -2.38. The van der Waals surface area contributed by atoms with Crippen LogP contribution >= 0.6 is 0 Å². The predicted octanol–water partition coefficient (Wildman–Crippen LogP) is 3.39. The molecule has 0 spiro atoms. The van der Waals surface area contributed by atoms with Crippen molar-refractivity contribution in [2.75, 3.05) is 6.54 Å². The van der Waals surface area contributed by atoms with E-state index >= 15 is 0 Å². The number of hydrogen-bond donors (Lipinski definition) is 1. The molecule has 0 aromatic heterocycles. The highest BCUT2D eigenvalue weighted by atomic mass is 16.2. The first-order chi connectivity index (χ1) is 10.2. The summed E-state index contributed by atoms with van der Waals surface area (Å²) in [5.74, 6) is 1.05. The van der Waals surface area contributed by atoms with E-state index in [2.05, 4.69) is 48.3 Å². The molecule has 3 atom stereocenters. The van der Waals surface area contributed by atoms with E-state index in [0.29, 0.717) is 12.6 Å². The topological polar surface area (TPSA) is 32.3 Å². The molecule has 1 saturated carbocycles. The van der Waals surface area contributed by atoms with Crippen molar-refractivity contribution in [3.8, 4) is 0 Å². The second-order valence-corrected chi connectivity index (χ2v) is 6.59. The number of aryl methyl sites for hydroxylation is 1. The van der Waals surface area contributed by atoms with Gasteiger partial charge in [-0.3, -0.25) is 10.1 Å². The van der Waals surface area contributed by atoms with Gasteiger partial charge in [0.25, 0.3) is 0 Å². The van der Waals surface area contributed by atoms with Gasteiger partial charge in [0.05, 0.1) is 6.54 Å². The minimum absolute atomic E-state index is 0.0676. The van der Waals surface area contributed by atoms with Crippen LogP contribution in [0.15, 0.2) is 24.3 Å². The number of benzene rings is 1. The summed E-state index contributed by atoms with van der Waals surface area (Å²) in [7, 11) is 0. The number of carbonyl (C=O) groups excluding carboxylic acids is 1. The first-order valence-corrected chi connectivity index (χ1v) is 8.30. The maximum absolute atomic E-state index is 12.4. The lowest BCUT2D eigenvalue weighted by Crippen LogP contribution is -2.42. The van der Waals surface area contributed by atoms with Crippen LogP contribution in [0.25, 0.3) is 0 Å². The molecule has 1 aromatic rings. The lowest BCUT2D eigenvalue weighted by atomic mass is 9.83. The lowest BCUT2D eigenvalue weighted by molar-refractivity contribution is -0.131. The summed E-state index contributed by atoms with van der Waals surface area (Å²) in [6.45, 7) is 4.86.